The molecular formula is C21H21BN4O2. The molecule has 0 atom stereocenters. The fourth-order valence-electron chi connectivity index (χ4n) is 3.35. The van der Waals surface area contributed by atoms with Crippen molar-refractivity contribution in [3.8, 4) is 5.75 Å². The van der Waals surface area contributed by atoms with E-state index >= 15 is 0 Å². The Hall–Kier alpha value is -2.93. The lowest BCUT2D eigenvalue weighted by molar-refractivity contribution is 0.297. The van der Waals surface area contributed by atoms with Crippen LogP contribution >= 0.6 is 0 Å². The van der Waals surface area contributed by atoms with Gasteiger partial charge < -0.3 is 4.74 Å². The monoisotopic (exact) mass is 372 g/mol. The van der Waals surface area contributed by atoms with E-state index in [2.05, 4.69) is 40.2 Å². The molecular weight excluding hydrogens is 351 g/mol. The number of ether oxygens (including phenoxy) is 1. The predicted octanol–water partition coefficient (Wildman–Crippen LogP) is 1.20. The largest absolute Gasteiger partial charge is 0.485 e. The third-order valence-electron chi connectivity index (χ3n) is 4.84. The van der Waals surface area contributed by atoms with E-state index in [0.717, 1.165) is 25.2 Å². The van der Waals surface area contributed by atoms with Gasteiger partial charge in [-0.15, -0.1) is 0 Å². The molecule has 4 rings (SSSR count). The molecule has 3 heterocycles. The van der Waals surface area contributed by atoms with Gasteiger partial charge in [0.25, 0.3) is 5.56 Å². The van der Waals surface area contributed by atoms with Gasteiger partial charge in [-0.2, -0.15) is 5.10 Å². The normalized spacial score (nSPS) is 13.5. The highest BCUT2D eigenvalue weighted by Gasteiger charge is 2.15. The summed E-state index contributed by atoms with van der Waals surface area (Å²) in [5.74, 6) is 0.431. The van der Waals surface area contributed by atoms with E-state index in [9.17, 15) is 4.79 Å². The fourth-order valence-corrected chi connectivity index (χ4v) is 3.35. The van der Waals surface area contributed by atoms with Crippen molar-refractivity contribution in [3.63, 3.8) is 0 Å². The van der Waals surface area contributed by atoms with Crippen LogP contribution in [0.1, 0.15) is 22.4 Å². The molecule has 0 spiro atoms. The molecule has 2 aromatic heterocycles. The summed E-state index contributed by atoms with van der Waals surface area (Å²) in [5.41, 5.74) is 5.14. The van der Waals surface area contributed by atoms with Crippen molar-refractivity contribution in [1.82, 2.24) is 19.7 Å². The molecule has 7 heteroatoms. The van der Waals surface area contributed by atoms with Gasteiger partial charge in [0.2, 0.25) is 0 Å². The summed E-state index contributed by atoms with van der Waals surface area (Å²) < 4.78 is 7.07. The highest BCUT2D eigenvalue weighted by Crippen LogP contribution is 2.22. The highest BCUT2D eigenvalue weighted by molar-refractivity contribution is 6.31. The maximum absolute atomic E-state index is 12.3. The number of hydrogen-bond acceptors (Lipinski definition) is 5. The zero-order chi connectivity index (χ0) is 19.5. The molecule has 3 aromatic rings. The number of nitrogens with zero attached hydrogens (tertiary/aromatic N) is 4. The molecule has 6 nitrogen and oxygen atoms in total. The number of rotatable bonds is 6. The van der Waals surface area contributed by atoms with E-state index in [1.54, 1.807) is 24.5 Å². The highest BCUT2D eigenvalue weighted by atomic mass is 16.5. The van der Waals surface area contributed by atoms with Crippen LogP contribution in [0.15, 0.2) is 53.6 Å². The minimum atomic E-state index is -0.177. The molecule has 28 heavy (non-hydrogen) atoms. The Kier molecular flexibility index (Phi) is 5.26. The third-order valence-corrected chi connectivity index (χ3v) is 4.84. The van der Waals surface area contributed by atoms with E-state index in [1.807, 2.05) is 0 Å². The van der Waals surface area contributed by atoms with Crippen molar-refractivity contribution in [2.75, 3.05) is 7.05 Å². The summed E-state index contributed by atoms with van der Waals surface area (Å²) in [4.78, 5) is 18.8. The van der Waals surface area contributed by atoms with Crippen LogP contribution in [0, 0.1) is 0 Å². The van der Waals surface area contributed by atoms with Crippen LogP contribution in [0.5, 0.6) is 5.75 Å². The molecule has 0 saturated heterocycles. The molecule has 0 bridgehead atoms. The minimum absolute atomic E-state index is 0.177. The Morgan fingerprint density at radius 1 is 1.11 bits per heavy atom. The Labute approximate surface area is 165 Å². The van der Waals surface area contributed by atoms with Crippen LogP contribution in [0.3, 0.4) is 0 Å². The second-order valence-corrected chi connectivity index (χ2v) is 7.15. The fraction of sp³-hybridized carbons (Fsp3) is 0.286. The van der Waals surface area contributed by atoms with Crippen molar-refractivity contribution in [2.45, 2.75) is 32.7 Å². The Morgan fingerprint density at radius 3 is 2.75 bits per heavy atom. The van der Waals surface area contributed by atoms with Crippen molar-refractivity contribution in [2.24, 2.45) is 0 Å². The van der Waals surface area contributed by atoms with Gasteiger partial charge in [0.15, 0.2) is 0 Å². The minimum Gasteiger partial charge on any atom is -0.485 e. The van der Waals surface area contributed by atoms with Gasteiger partial charge in [-0.3, -0.25) is 14.7 Å². The van der Waals surface area contributed by atoms with Gasteiger partial charge in [-0.05, 0) is 36.2 Å². The lowest BCUT2D eigenvalue weighted by Gasteiger charge is -2.09. The van der Waals surface area contributed by atoms with E-state index in [1.165, 1.54) is 27.4 Å². The molecule has 0 N–H and O–H groups in total. The predicted molar refractivity (Wildman–Crippen MR) is 108 cm³/mol. The molecule has 0 saturated carbocycles. The maximum atomic E-state index is 12.3. The average molecular weight is 372 g/mol. The van der Waals surface area contributed by atoms with Crippen LogP contribution in [0.25, 0.3) is 0 Å². The van der Waals surface area contributed by atoms with E-state index < -0.39 is 0 Å². The number of fused-ring (bicyclic) bond motifs is 1. The van der Waals surface area contributed by atoms with E-state index in [4.69, 9.17) is 12.6 Å². The molecule has 0 fully saturated rings. The molecule has 1 aliphatic heterocycles. The van der Waals surface area contributed by atoms with Gasteiger partial charge in [0, 0.05) is 31.9 Å². The topological polar surface area (TPSA) is 60.2 Å². The van der Waals surface area contributed by atoms with Crippen molar-refractivity contribution >= 4 is 13.3 Å². The van der Waals surface area contributed by atoms with Crippen LogP contribution in [-0.2, 0) is 32.7 Å². The number of hydrogen-bond donors (Lipinski definition) is 0. The second kappa shape index (κ2) is 7.98. The second-order valence-electron chi connectivity index (χ2n) is 7.15. The summed E-state index contributed by atoms with van der Waals surface area (Å²) in [6, 6.07) is 11.6. The number of pyridine rings is 1. The Bertz CT molecular complexity index is 1030. The molecule has 0 aliphatic carbocycles. The molecule has 1 aromatic carbocycles. The quantitative estimate of drug-likeness (QED) is 0.609. The molecule has 140 valence electrons. The van der Waals surface area contributed by atoms with Crippen LogP contribution in [0.2, 0.25) is 0 Å². The van der Waals surface area contributed by atoms with E-state index in [-0.39, 0.29) is 12.2 Å². The summed E-state index contributed by atoms with van der Waals surface area (Å²) >= 11 is 0. The summed E-state index contributed by atoms with van der Waals surface area (Å²) in [5, 5.41) is 4.23. The standard InChI is InChI=1S/C21H21BN4O2/c1-25-12-16-3-2-15(8-17(16)13-25)6-7-26-21(27)9-20(11-24-26)28-14-19-5-4-18(22)10-23-19/h2-5,8-11H,6-7,12-14H2,1H3. The first-order valence-electron chi connectivity index (χ1n) is 9.26. The molecule has 1 aliphatic rings. The molecule has 2 radical (unpaired) electrons. The average Bonchev–Trinajstić information content (AvgIpc) is 3.06. The van der Waals surface area contributed by atoms with Crippen molar-refractivity contribution in [1.29, 1.82) is 0 Å². The summed E-state index contributed by atoms with van der Waals surface area (Å²) in [7, 11) is 7.74. The van der Waals surface area contributed by atoms with Gasteiger partial charge in [-0.1, -0.05) is 29.7 Å². The first-order chi connectivity index (χ1) is 13.6. The zero-order valence-electron chi connectivity index (χ0n) is 15.8. The van der Waals surface area contributed by atoms with E-state index in [0.29, 0.717) is 17.8 Å². The number of aromatic nitrogens is 3. The smallest absolute Gasteiger partial charge is 0.270 e. The Balaban J connectivity index is 1.36. The van der Waals surface area contributed by atoms with Crippen molar-refractivity contribution < 1.29 is 4.74 Å². The lowest BCUT2D eigenvalue weighted by atomic mass is 9.99. The van der Waals surface area contributed by atoms with Gasteiger partial charge in [-0.25, -0.2) is 4.68 Å². The van der Waals surface area contributed by atoms with Crippen LogP contribution in [-0.4, -0.2) is 34.6 Å². The summed E-state index contributed by atoms with van der Waals surface area (Å²) in [6.07, 6.45) is 3.90. The molecule has 0 unspecified atom stereocenters. The SMILES string of the molecule is [B]c1ccc(COc2cnn(CCc3ccc4c(c3)CN(C)C4)c(=O)c2)nc1. The third kappa shape index (κ3) is 4.31. The van der Waals surface area contributed by atoms with Gasteiger partial charge in [0.05, 0.1) is 11.9 Å². The lowest BCUT2D eigenvalue weighted by Crippen LogP contribution is -2.23. The van der Waals surface area contributed by atoms with Crippen molar-refractivity contribution in [3.05, 3.63) is 81.5 Å². The Morgan fingerprint density at radius 2 is 1.96 bits per heavy atom. The maximum Gasteiger partial charge on any atom is 0.270 e. The summed E-state index contributed by atoms with van der Waals surface area (Å²) in [6.45, 7) is 2.78. The van der Waals surface area contributed by atoms with Crippen LogP contribution < -0.4 is 15.8 Å². The molecule has 0 amide bonds. The zero-order valence-corrected chi connectivity index (χ0v) is 15.8. The number of benzene rings is 1. The first-order valence-corrected chi connectivity index (χ1v) is 9.26. The van der Waals surface area contributed by atoms with Gasteiger partial charge >= 0.3 is 0 Å². The number of aryl methyl sites for hydroxylation is 2. The van der Waals surface area contributed by atoms with Crippen LogP contribution in [0.4, 0.5) is 0 Å². The first kappa shape index (κ1) is 18.4. The van der Waals surface area contributed by atoms with Gasteiger partial charge in [0.1, 0.15) is 20.2 Å².